The van der Waals surface area contributed by atoms with Crippen LogP contribution in [-0.2, 0) is 10.2 Å². The monoisotopic (exact) mass is 259 g/mol. The fourth-order valence-corrected chi connectivity index (χ4v) is 3.21. The first-order valence-corrected chi connectivity index (χ1v) is 7.45. The van der Waals surface area contributed by atoms with Gasteiger partial charge in [-0.3, -0.25) is 4.90 Å². The Morgan fingerprint density at radius 1 is 1.26 bits per heavy atom. The van der Waals surface area contributed by atoms with Crippen molar-refractivity contribution in [2.75, 3.05) is 13.1 Å². The van der Waals surface area contributed by atoms with Crippen molar-refractivity contribution in [1.29, 1.82) is 0 Å². The first-order chi connectivity index (χ1) is 9.19. The van der Waals surface area contributed by atoms with Crippen molar-refractivity contribution in [3.05, 3.63) is 35.9 Å². The molecule has 1 aliphatic carbocycles. The molecule has 104 valence electrons. The topological polar surface area (TPSA) is 20.3 Å². The van der Waals surface area contributed by atoms with Gasteiger partial charge in [-0.1, -0.05) is 50.1 Å². The minimum absolute atomic E-state index is 0.389. The van der Waals surface area contributed by atoms with Crippen LogP contribution in [0.1, 0.15) is 45.1 Å². The third-order valence-electron chi connectivity index (χ3n) is 4.47. The highest BCUT2D eigenvalue weighted by Gasteiger charge is 2.32. The summed E-state index contributed by atoms with van der Waals surface area (Å²) in [6, 6.07) is 10.8. The van der Waals surface area contributed by atoms with Crippen LogP contribution in [0.5, 0.6) is 0 Å². The lowest BCUT2D eigenvalue weighted by Crippen LogP contribution is -2.44. The molecule has 0 bridgehead atoms. The Kier molecular flexibility index (Phi) is 4.76. The van der Waals surface area contributed by atoms with Gasteiger partial charge in [-0.05, 0) is 31.9 Å². The van der Waals surface area contributed by atoms with Gasteiger partial charge in [-0.15, -0.1) is 0 Å². The lowest BCUT2D eigenvalue weighted by atomic mass is 9.83. The zero-order chi connectivity index (χ0) is 13.7. The number of carbonyl (C=O) groups excluding carboxylic acids is 1. The standard InChI is InChI=1S/C17H25NO/c1-3-18(16-11-7-8-12-16)13-17(2,14-19)15-9-5-4-6-10-15/h4-6,9-10,14,16H,3,7-8,11-13H2,1-2H3. The second-order valence-electron chi connectivity index (χ2n) is 5.90. The molecule has 1 aromatic carbocycles. The summed E-state index contributed by atoms with van der Waals surface area (Å²) in [6.07, 6.45) is 6.38. The molecule has 0 N–H and O–H groups in total. The van der Waals surface area contributed by atoms with Crippen LogP contribution in [0.4, 0.5) is 0 Å². The predicted molar refractivity (Wildman–Crippen MR) is 79.4 cm³/mol. The lowest BCUT2D eigenvalue weighted by molar-refractivity contribution is -0.113. The van der Waals surface area contributed by atoms with E-state index in [1.807, 2.05) is 18.2 Å². The molecule has 1 fully saturated rings. The highest BCUT2D eigenvalue weighted by Crippen LogP contribution is 2.28. The van der Waals surface area contributed by atoms with E-state index in [-0.39, 0.29) is 5.41 Å². The van der Waals surface area contributed by atoms with E-state index in [2.05, 4.69) is 30.9 Å². The molecule has 1 aliphatic rings. The predicted octanol–water partition coefficient (Wildman–Crippen LogP) is 3.41. The van der Waals surface area contributed by atoms with Gasteiger partial charge in [-0.2, -0.15) is 0 Å². The average molecular weight is 259 g/mol. The summed E-state index contributed by atoms with van der Waals surface area (Å²) in [5, 5.41) is 0. The first kappa shape index (κ1) is 14.3. The number of hydrogen-bond acceptors (Lipinski definition) is 2. The number of likely N-dealkylation sites (N-methyl/N-ethyl adjacent to an activating group) is 1. The van der Waals surface area contributed by atoms with E-state index in [0.717, 1.165) is 24.9 Å². The quantitative estimate of drug-likeness (QED) is 0.730. The van der Waals surface area contributed by atoms with Crippen molar-refractivity contribution >= 4 is 6.29 Å². The average Bonchev–Trinajstić information content (AvgIpc) is 2.99. The number of hydrogen-bond donors (Lipinski definition) is 0. The minimum atomic E-state index is -0.389. The molecule has 1 unspecified atom stereocenters. The van der Waals surface area contributed by atoms with E-state index >= 15 is 0 Å². The highest BCUT2D eigenvalue weighted by atomic mass is 16.1. The van der Waals surface area contributed by atoms with Crippen molar-refractivity contribution in [1.82, 2.24) is 4.90 Å². The maximum Gasteiger partial charge on any atom is 0.131 e. The van der Waals surface area contributed by atoms with E-state index in [9.17, 15) is 4.79 Å². The lowest BCUT2D eigenvalue weighted by Gasteiger charge is -2.35. The van der Waals surface area contributed by atoms with Crippen molar-refractivity contribution in [3.8, 4) is 0 Å². The molecule has 0 radical (unpaired) electrons. The summed E-state index contributed by atoms with van der Waals surface area (Å²) >= 11 is 0. The van der Waals surface area contributed by atoms with Crippen LogP contribution in [0.2, 0.25) is 0 Å². The van der Waals surface area contributed by atoms with Crippen molar-refractivity contribution in [2.24, 2.45) is 0 Å². The third-order valence-corrected chi connectivity index (χ3v) is 4.47. The molecule has 0 saturated heterocycles. The molecule has 1 atom stereocenters. The Morgan fingerprint density at radius 3 is 2.42 bits per heavy atom. The second-order valence-corrected chi connectivity index (χ2v) is 5.90. The van der Waals surface area contributed by atoms with Gasteiger partial charge in [0.1, 0.15) is 6.29 Å². The van der Waals surface area contributed by atoms with E-state index in [1.54, 1.807) is 0 Å². The Morgan fingerprint density at radius 2 is 1.89 bits per heavy atom. The SMILES string of the molecule is CCN(CC(C)(C=O)c1ccccc1)C1CCCC1. The summed E-state index contributed by atoms with van der Waals surface area (Å²) in [4.78, 5) is 14.2. The first-order valence-electron chi connectivity index (χ1n) is 7.45. The molecule has 0 spiro atoms. The van der Waals surface area contributed by atoms with Gasteiger partial charge in [0.15, 0.2) is 0 Å². The van der Waals surface area contributed by atoms with Crippen LogP contribution in [-0.4, -0.2) is 30.3 Å². The number of nitrogens with zero attached hydrogens (tertiary/aromatic N) is 1. The maximum absolute atomic E-state index is 11.7. The van der Waals surface area contributed by atoms with Crippen LogP contribution in [0.3, 0.4) is 0 Å². The summed E-state index contributed by atoms with van der Waals surface area (Å²) in [6.45, 7) is 6.13. The smallest absolute Gasteiger partial charge is 0.131 e. The Hall–Kier alpha value is -1.15. The molecular formula is C17H25NO. The summed E-state index contributed by atoms with van der Waals surface area (Å²) in [7, 11) is 0. The van der Waals surface area contributed by atoms with Gasteiger partial charge in [0.2, 0.25) is 0 Å². The van der Waals surface area contributed by atoms with Crippen LogP contribution in [0, 0.1) is 0 Å². The second kappa shape index (κ2) is 6.33. The van der Waals surface area contributed by atoms with Gasteiger partial charge in [0, 0.05) is 12.6 Å². The highest BCUT2D eigenvalue weighted by molar-refractivity contribution is 5.68. The zero-order valence-electron chi connectivity index (χ0n) is 12.1. The van der Waals surface area contributed by atoms with E-state index in [1.165, 1.54) is 25.7 Å². The van der Waals surface area contributed by atoms with Crippen molar-refractivity contribution in [3.63, 3.8) is 0 Å². The number of aldehydes is 1. The molecule has 1 aromatic rings. The van der Waals surface area contributed by atoms with Gasteiger partial charge in [0.05, 0.1) is 5.41 Å². The summed E-state index contributed by atoms with van der Waals surface area (Å²) < 4.78 is 0. The summed E-state index contributed by atoms with van der Waals surface area (Å²) in [5.41, 5.74) is 0.737. The summed E-state index contributed by atoms with van der Waals surface area (Å²) in [5.74, 6) is 0. The van der Waals surface area contributed by atoms with Crippen molar-refractivity contribution < 1.29 is 4.79 Å². The van der Waals surface area contributed by atoms with Crippen LogP contribution >= 0.6 is 0 Å². The van der Waals surface area contributed by atoms with Crippen LogP contribution in [0.15, 0.2) is 30.3 Å². The van der Waals surface area contributed by atoms with Crippen LogP contribution < -0.4 is 0 Å². The van der Waals surface area contributed by atoms with Crippen LogP contribution in [0.25, 0.3) is 0 Å². The minimum Gasteiger partial charge on any atom is -0.302 e. The molecule has 2 heteroatoms. The van der Waals surface area contributed by atoms with Gasteiger partial charge < -0.3 is 4.79 Å². The molecule has 0 amide bonds. The molecule has 2 nitrogen and oxygen atoms in total. The number of rotatable bonds is 6. The fraction of sp³-hybridized carbons (Fsp3) is 0.588. The van der Waals surface area contributed by atoms with E-state index in [4.69, 9.17) is 0 Å². The maximum atomic E-state index is 11.7. The number of carbonyl (C=O) groups is 1. The Labute approximate surface area is 116 Å². The fourth-order valence-electron chi connectivity index (χ4n) is 3.21. The molecule has 0 aliphatic heterocycles. The third kappa shape index (κ3) is 3.24. The van der Waals surface area contributed by atoms with E-state index in [0.29, 0.717) is 6.04 Å². The van der Waals surface area contributed by atoms with Gasteiger partial charge in [-0.25, -0.2) is 0 Å². The Balaban J connectivity index is 2.14. The number of benzene rings is 1. The molecule has 0 aromatic heterocycles. The Bertz CT molecular complexity index is 397. The molecule has 2 rings (SSSR count). The normalized spacial score (nSPS) is 19.5. The largest absolute Gasteiger partial charge is 0.302 e. The van der Waals surface area contributed by atoms with Gasteiger partial charge >= 0.3 is 0 Å². The van der Waals surface area contributed by atoms with Crippen molar-refractivity contribution in [2.45, 2.75) is 51.0 Å². The molecular weight excluding hydrogens is 234 g/mol. The zero-order valence-corrected chi connectivity index (χ0v) is 12.1. The molecule has 1 saturated carbocycles. The molecule has 19 heavy (non-hydrogen) atoms. The molecule has 0 heterocycles. The van der Waals surface area contributed by atoms with Gasteiger partial charge in [0.25, 0.3) is 0 Å². The van der Waals surface area contributed by atoms with E-state index < -0.39 is 0 Å².